The number of fused-ring (bicyclic) bond motifs is 1. The van der Waals surface area contributed by atoms with Gasteiger partial charge in [-0.05, 0) is 67.8 Å². The molecule has 0 unspecified atom stereocenters. The molecular weight excluding hydrogens is 499 g/mol. The number of amides is 1. The molecule has 0 bridgehead atoms. The van der Waals surface area contributed by atoms with Crippen LogP contribution in [0.3, 0.4) is 0 Å². The third-order valence-corrected chi connectivity index (χ3v) is 6.23. The summed E-state index contributed by atoms with van der Waals surface area (Å²) in [5, 5.41) is 9.24. The summed E-state index contributed by atoms with van der Waals surface area (Å²) in [7, 11) is 0. The molecule has 0 saturated carbocycles. The van der Waals surface area contributed by atoms with Gasteiger partial charge in [-0.1, -0.05) is 12.0 Å². The van der Waals surface area contributed by atoms with Gasteiger partial charge in [-0.2, -0.15) is 18.3 Å². The second-order valence-electron chi connectivity index (χ2n) is 8.24. The lowest BCUT2D eigenvalue weighted by atomic mass is 10.0. The van der Waals surface area contributed by atoms with Gasteiger partial charge in [-0.15, -0.1) is 11.3 Å². The highest BCUT2D eigenvalue weighted by Gasteiger charge is 2.31. The van der Waals surface area contributed by atoms with Crippen molar-refractivity contribution in [2.75, 3.05) is 5.32 Å². The number of nitrogens with zero attached hydrogens (tertiary/aromatic N) is 4. The van der Waals surface area contributed by atoms with E-state index in [1.807, 2.05) is 6.92 Å². The zero-order chi connectivity index (χ0) is 26.2. The standard InChI is InChI=1S/C27H18F3N5OS/c1-16-5-8-23(18(10-16)6-7-22-14-31-25-4-3-9-32-35(22)25)26(36)34-21-12-19(24-15-37-17(2)33-24)11-20(13-21)27(28,29)30/h3-5,8-15H,1-2H3,(H,34,36). The van der Waals surface area contributed by atoms with E-state index in [1.54, 1.807) is 59.5 Å². The molecule has 0 aliphatic heterocycles. The number of hydrogen-bond donors (Lipinski definition) is 1. The number of anilines is 1. The maximum absolute atomic E-state index is 13.6. The molecule has 1 amide bonds. The zero-order valence-electron chi connectivity index (χ0n) is 19.6. The Labute approximate surface area is 213 Å². The number of thiazole rings is 1. The van der Waals surface area contributed by atoms with Gasteiger partial charge in [0.05, 0.1) is 28.0 Å². The Hall–Kier alpha value is -4.49. The van der Waals surface area contributed by atoms with Crippen LogP contribution < -0.4 is 5.32 Å². The molecule has 5 rings (SSSR count). The van der Waals surface area contributed by atoms with E-state index >= 15 is 0 Å². The number of carbonyl (C=O) groups is 1. The molecule has 184 valence electrons. The predicted molar refractivity (Wildman–Crippen MR) is 135 cm³/mol. The molecule has 0 saturated heterocycles. The normalized spacial score (nSPS) is 11.3. The molecule has 0 aliphatic rings. The van der Waals surface area contributed by atoms with E-state index in [-0.39, 0.29) is 16.8 Å². The highest BCUT2D eigenvalue weighted by atomic mass is 32.1. The second-order valence-corrected chi connectivity index (χ2v) is 9.30. The zero-order valence-corrected chi connectivity index (χ0v) is 20.4. The van der Waals surface area contributed by atoms with E-state index in [9.17, 15) is 18.0 Å². The minimum absolute atomic E-state index is 0.00551. The summed E-state index contributed by atoms with van der Waals surface area (Å²) in [4.78, 5) is 21.8. The van der Waals surface area contributed by atoms with Crippen molar-refractivity contribution >= 4 is 28.6 Å². The van der Waals surface area contributed by atoms with E-state index in [2.05, 4.69) is 32.2 Å². The number of alkyl halides is 3. The molecule has 37 heavy (non-hydrogen) atoms. The Balaban J connectivity index is 1.50. The molecule has 5 aromatic rings. The van der Waals surface area contributed by atoms with Crippen LogP contribution in [0.1, 0.15) is 37.7 Å². The van der Waals surface area contributed by atoms with Crippen molar-refractivity contribution in [1.82, 2.24) is 19.6 Å². The van der Waals surface area contributed by atoms with Crippen LogP contribution in [-0.2, 0) is 6.18 Å². The van der Waals surface area contributed by atoms with Crippen molar-refractivity contribution in [2.24, 2.45) is 0 Å². The number of benzene rings is 2. The lowest BCUT2D eigenvalue weighted by molar-refractivity contribution is -0.137. The predicted octanol–water partition coefficient (Wildman–Crippen LogP) is 6.14. The first-order valence-corrected chi connectivity index (χ1v) is 11.9. The van der Waals surface area contributed by atoms with Crippen LogP contribution in [0.2, 0.25) is 0 Å². The highest BCUT2D eigenvalue weighted by Crippen LogP contribution is 2.35. The van der Waals surface area contributed by atoms with Gasteiger partial charge in [0.1, 0.15) is 5.69 Å². The highest BCUT2D eigenvalue weighted by molar-refractivity contribution is 7.09. The summed E-state index contributed by atoms with van der Waals surface area (Å²) < 4.78 is 42.4. The third kappa shape index (κ3) is 5.22. The molecule has 6 nitrogen and oxygen atoms in total. The van der Waals surface area contributed by atoms with E-state index in [0.717, 1.165) is 22.7 Å². The van der Waals surface area contributed by atoms with Crippen LogP contribution in [0.15, 0.2) is 66.3 Å². The largest absolute Gasteiger partial charge is 0.416 e. The molecule has 0 radical (unpaired) electrons. The molecule has 3 heterocycles. The molecule has 0 spiro atoms. The first kappa shape index (κ1) is 24.2. The van der Waals surface area contributed by atoms with E-state index in [1.165, 1.54) is 17.4 Å². The summed E-state index contributed by atoms with van der Waals surface area (Å²) >= 11 is 1.33. The smallest absolute Gasteiger partial charge is 0.322 e. The Morgan fingerprint density at radius 1 is 1.08 bits per heavy atom. The SMILES string of the molecule is Cc1ccc(C(=O)Nc2cc(-c3csc(C)n3)cc(C(F)(F)F)c2)c(C#Cc2cnc3cccnn23)c1. The van der Waals surface area contributed by atoms with Gasteiger partial charge in [0.25, 0.3) is 5.91 Å². The van der Waals surface area contributed by atoms with Gasteiger partial charge in [-0.3, -0.25) is 4.79 Å². The van der Waals surface area contributed by atoms with Crippen molar-refractivity contribution in [2.45, 2.75) is 20.0 Å². The Morgan fingerprint density at radius 2 is 1.92 bits per heavy atom. The fourth-order valence-electron chi connectivity index (χ4n) is 3.71. The number of nitrogens with one attached hydrogen (secondary N) is 1. The second kappa shape index (κ2) is 9.52. The minimum atomic E-state index is -4.59. The summed E-state index contributed by atoms with van der Waals surface area (Å²) in [5.41, 5.74) is 2.48. The molecule has 2 aromatic carbocycles. The van der Waals surface area contributed by atoms with Crippen molar-refractivity contribution in [1.29, 1.82) is 0 Å². The maximum Gasteiger partial charge on any atom is 0.416 e. The van der Waals surface area contributed by atoms with Gasteiger partial charge in [0.15, 0.2) is 5.65 Å². The summed E-state index contributed by atoms with van der Waals surface area (Å²) in [6, 6.07) is 12.0. The van der Waals surface area contributed by atoms with Crippen molar-refractivity contribution in [3.05, 3.63) is 99.3 Å². The average molecular weight is 518 g/mol. The molecule has 0 atom stereocenters. The number of aromatic nitrogens is 4. The average Bonchev–Trinajstić information content (AvgIpc) is 3.48. The molecule has 10 heteroatoms. The number of rotatable bonds is 3. The fraction of sp³-hybridized carbons (Fsp3) is 0.111. The van der Waals surface area contributed by atoms with Gasteiger partial charge < -0.3 is 5.32 Å². The van der Waals surface area contributed by atoms with Gasteiger partial charge in [0, 0.05) is 28.4 Å². The van der Waals surface area contributed by atoms with Crippen LogP contribution in [0.4, 0.5) is 18.9 Å². The molecule has 0 aliphatic carbocycles. The number of hydrogen-bond acceptors (Lipinski definition) is 5. The lowest BCUT2D eigenvalue weighted by Gasteiger charge is -2.13. The van der Waals surface area contributed by atoms with Crippen molar-refractivity contribution in [3.8, 4) is 23.1 Å². The van der Waals surface area contributed by atoms with Crippen LogP contribution in [-0.4, -0.2) is 25.5 Å². The molecular formula is C27H18F3N5OS. The lowest BCUT2D eigenvalue weighted by Crippen LogP contribution is -2.15. The first-order chi connectivity index (χ1) is 17.7. The third-order valence-electron chi connectivity index (χ3n) is 5.46. The quantitative estimate of drug-likeness (QED) is 0.292. The Bertz CT molecular complexity index is 1710. The van der Waals surface area contributed by atoms with E-state index in [4.69, 9.17) is 0 Å². The molecule has 3 aromatic heterocycles. The summed E-state index contributed by atoms with van der Waals surface area (Å²) in [6.45, 7) is 3.63. The summed E-state index contributed by atoms with van der Waals surface area (Å²) in [5.74, 6) is 5.39. The van der Waals surface area contributed by atoms with Crippen LogP contribution in [0.25, 0.3) is 16.9 Å². The number of halogens is 3. The Kier molecular flexibility index (Phi) is 6.23. The van der Waals surface area contributed by atoms with Crippen molar-refractivity contribution in [3.63, 3.8) is 0 Å². The van der Waals surface area contributed by atoms with E-state index in [0.29, 0.717) is 22.6 Å². The summed E-state index contributed by atoms with van der Waals surface area (Å²) in [6.07, 6.45) is -1.40. The van der Waals surface area contributed by atoms with Crippen molar-refractivity contribution < 1.29 is 18.0 Å². The first-order valence-electron chi connectivity index (χ1n) is 11.0. The fourth-order valence-corrected chi connectivity index (χ4v) is 4.33. The van der Waals surface area contributed by atoms with Crippen LogP contribution in [0, 0.1) is 25.7 Å². The monoisotopic (exact) mass is 517 g/mol. The topological polar surface area (TPSA) is 72.2 Å². The molecule has 1 N–H and O–H groups in total. The number of imidazole rings is 1. The van der Waals surface area contributed by atoms with Gasteiger partial charge >= 0.3 is 6.18 Å². The Morgan fingerprint density at radius 3 is 2.68 bits per heavy atom. The number of carbonyl (C=O) groups excluding carboxylic acids is 1. The van der Waals surface area contributed by atoms with Crippen LogP contribution in [0.5, 0.6) is 0 Å². The minimum Gasteiger partial charge on any atom is -0.322 e. The number of aryl methyl sites for hydroxylation is 2. The van der Waals surface area contributed by atoms with E-state index < -0.39 is 17.6 Å². The van der Waals surface area contributed by atoms with Gasteiger partial charge in [0.2, 0.25) is 0 Å². The maximum atomic E-state index is 13.6. The van der Waals surface area contributed by atoms with Gasteiger partial charge in [-0.25, -0.2) is 14.5 Å². The van der Waals surface area contributed by atoms with Crippen LogP contribution >= 0.6 is 11.3 Å². The molecule has 0 fully saturated rings.